The first kappa shape index (κ1) is 36.9. The smallest absolute Gasteiger partial charge is 0.309 e. The normalized spacial score (nSPS) is 11.6. The molecule has 2 aromatic heterocycles. The van der Waals surface area contributed by atoms with Crippen LogP contribution in [0.3, 0.4) is 0 Å². The van der Waals surface area contributed by atoms with Gasteiger partial charge in [0.15, 0.2) is 0 Å². The lowest BCUT2D eigenvalue weighted by Gasteiger charge is -2.22. The highest BCUT2D eigenvalue weighted by molar-refractivity contribution is 6.12. The molecule has 10 rings (SSSR count). The Kier molecular flexibility index (Phi) is 8.58. The van der Waals surface area contributed by atoms with Crippen LogP contribution in [0.5, 0.6) is 0 Å². The Hall–Kier alpha value is -8.38. The Morgan fingerprint density at radius 1 is 0.443 bits per heavy atom. The molecular formula is C53H30F3N5. The molecule has 8 aromatic carbocycles. The lowest BCUT2D eigenvalue weighted by Crippen LogP contribution is -2.10. The quantitative estimate of drug-likeness (QED) is 0.174. The van der Waals surface area contributed by atoms with Crippen molar-refractivity contribution in [1.82, 2.24) is 9.13 Å². The van der Waals surface area contributed by atoms with Crippen LogP contribution >= 0.6 is 0 Å². The van der Waals surface area contributed by atoms with Crippen LogP contribution in [0.2, 0.25) is 0 Å². The Labute approximate surface area is 348 Å². The van der Waals surface area contributed by atoms with Gasteiger partial charge >= 0.3 is 6.18 Å². The average molecular weight is 794 g/mol. The number of nitrogens with zero attached hydrogens (tertiary/aromatic N) is 5. The van der Waals surface area contributed by atoms with Gasteiger partial charge in [0.05, 0.1) is 67.8 Å². The third-order valence-electron chi connectivity index (χ3n) is 11.6. The van der Waals surface area contributed by atoms with E-state index >= 15 is 13.2 Å². The summed E-state index contributed by atoms with van der Waals surface area (Å²) in [5.41, 5.74) is 8.72. The highest BCUT2D eigenvalue weighted by Gasteiger charge is 2.35. The van der Waals surface area contributed by atoms with Crippen molar-refractivity contribution in [2.75, 3.05) is 0 Å². The summed E-state index contributed by atoms with van der Waals surface area (Å²) in [6, 6.07) is 56.7. The molecule has 2 heterocycles. The van der Waals surface area contributed by atoms with Crippen molar-refractivity contribution < 1.29 is 13.2 Å². The third kappa shape index (κ3) is 5.99. The van der Waals surface area contributed by atoms with Gasteiger partial charge in [0.25, 0.3) is 0 Å². The number of alkyl halides is 3. The first-order chi connectivity index (χ1) is 29.7. The topological polar surface area (TPSA) is 81.2 Å². The molecule has 0 unspecified atom stereocenters. The second-order valence-electron chi connectivity index (χ2n) is 15.0. The van der Waals surface area contributed by atoms with E-state index in [0.29, 0.717) is 33.6 Å². The molecule has 5 nitrogen and oxygen atoms in total. The molecule has 0 radical (unpaired) electrons. The van der Waals surface area contributed by atoms with Gasteiger partial charge in [-0.3, -0.25) is 0 Å². The average Bonchev–Trinajstić information content (AvgIpc) is 3.80. The van der Waals surface area contributed by atoms with E-state index in [4.69, 9.17) is 0 Å². The van der Waals surface area contributed by atoms with Crippen LogP contribution in [0.4, 0.5) is 13.2 Å². The molecule has 288 valence electrons. The zero-order valence-corrected chi connectivity index (χ0v) is 32.5. The first-order valence-electron chi connectivity index (χ1n) is 19.5. The number of fused-ring (bicyclic) bond motifs is 6. The second kappa shape index (κ2) is 14.2. The molecule has 0 saturated heterocycles. The summed E-state index contributed by atoms with van der Waals surface area (Å²) in [7, 11) is 0. The van der Waals surface area contributed by atoms with Crippen LogP contribution in [0, 0.1) is 40.9 Å². The van der Waals surface area contributed by atoms with Crippen molar-refractivity contribution in [3.8, 4) is 63.0 Å². The molecule has 10 aromatic rings. The molecular weight excluding hydrogens is 764 g/mol. The number of benzene rings is 8. The van der Waals surface area contributed by atoms with E-state index in [1.807, 2.05) is 124 Å². The Bertz CT molecular complexity index is 3590. The van der Waals surface area contributed by atoms with Crippen molar-refractivity contribution in [3.05, 3.63) is 192 Å². The Morgan fingerprint density at radius 3 is 1.46 bits per heavy atom. The molecule has 0 spiro atoms. The molecule has 0 bridgehead atoms. The van der Waals surface area contributed by atoms with Crippen LogP contribution in [0.25, 0.3) is 88.4 Å². The van der Waals surface area contributed by atoms with Gasteiger partial charge in [0, 0.05) is 27.1 Å². The predicted molar refractivity (Wildman–Crippen MR) is 235 cm³/mol. The molecule has 8 heteroatoms. The number of nitriles is 3. The number of hydrogen-bond acceptors (Lipinski definition) is 3. The molecule has 0 aliphatic heterocycles. The zero-order valence-electron chi connectivity index (χ0n) is 32.5. The fourth-order valence-corrected chi connectivity index (χ4v) is 8.86. The van der Waals surface area contributed by atoms with E-state index in [0.717, 1.165) is 71.9 Å². The van der Waals surface area contributed by atoms with E-state index in [2.05, 4.69) is 24.3 Å². The summed E-state index contributed by atoms with van der Waals surface area (Å²) in [6.07, 6.45) is -4.69. The van der Waals surface area contributed by atoms with Crippen molar-refractivity contribution in [2.45, 2.75) is 13.1 Å². The van der Waals surface area contributed by atoms with Gasteiger partial charge in [0.1, 0.15) is 6.07 Å². The highest BCUT2D eigenvalue weighted by atomic mass is 19.4. The van der Waals surface area contributed by atoms with Crippen LogP contribution in [0.15, 0.2) is 164 Å². The molecule has 0 fully saturated rings. The van der Waals surface area contributed by atoms with Gasteiger partial charge in [-0.05, 0) is 119 Å². The summed E-state index contributed by atoms with van der Waals surface area (Å²) < 4.78 is 49.6. The number of para-hydroxylation sites is 2. The van der Waals surface area contributed by atoms with Crippen LogP contribution in [0.1, 0.15) is 27.8 Å². The van der Waals surface area contributed by atoms with Crippen molar-refractivity contribution in [2.24, 2.45) is 0 Å². The number of halogens is 3. The largest absolute Gasteiger partial charge is 0.417 e. The molecule has 0 atom stereocenters. The van der Waals surface area contributed by atoms with Crippen molar-refractivity contribution >= 4 is 43.6 Å². The number of aromatic nitrogens is 2. The maximum absolute atomic E-state index is 15.2. The van der Waals surface area contributed by atoms with Gasteiger partial charge in [-0.25, -0.2) is 0 Å². The van der Waals surface area contributed by atoms with Gasteiger partial charge in [-0.2, -0.15) is 29.0 Å². The molecule has 0 N–H and O–H groups in total. The van der Waals surface area contributed by atoms with E-state index < -0.39 is 11.7 Å². The SMILES string of the molecule is Cc1cccc(C(F)(F)F)c1-c1cc(-n2c3ccccc3c3cc(-c4cccc(C#N)c4)ccc32)c(C#N)cc1-n1c2ccccc2c2cc(-c3cccc(C#N)c3)ccc21. The number of rotatable bonds is 5. The fourth-order valence-electron chi connectivity index (χ4n) is 8.86. The fraction of sp³-hybridized carbons (Fsp3) is 0.0377. The Balaban J connectivity index is 1.30. The highest BCUT2D eigenvalue weighted by Crippen LogP contribution is 2.46. The van der Waals surface area contributed by atoms with Gasteiger partial charge in [-0.1, -0.05) is 84.9 Å². The lowest BCUT2D eigenvalue weighted by atomic mass is 9.91. The minimum absolute atomic E-state index is 0.0204. The van der Waals surface area contributed by atoms with Crippen LogP contribution < -0.4 is 0 Å². The zero-order chi connectivity index (χ0) is 42.0. The van der Waals surface area contributed by atoms with Crippen LogP contribution in [-0.4, -0.2) is 9.13 Å². The lowest BCUT2D eigenvalue weighted by molar-refractivity contribution is -0.137. The minimum atomic E-state index is -4.69. The second-order valence-corrected chi connectivity index (χ2v) is 15.0. The van der Waals surface area contributed by atoms with E-state index in [1.54, 1.807) is 37.3 Å². The predicted octanol–water partition coefficient (Wildman–Crippen LogP) is 13.8. The standard InChI is InChI=1S/C53H30F3N5/c1-32-9-6-16-45(53(54,55)56)52(32)44-28-50(60-46-17-4-2-14-40(46)42-25-37(19-21-48(42)60)35-12-7-10-33(23-35)29-57)39(31-59)27-51(44)61-47-18-5-3-15-41(47)43-26-38(20-22-49(43)61)36-13-8-11-34(24-36)30-58/h2-28H,1H3. The van der Waals surface area contributed by atoms with E-state index in [9.17, 15) is 15.8 Å². The van der Waals surface area contributed by atoms with Crippen LogP contribution in [-0.2, 0) is 6.18 Å². The van der Waals surface area contributed by atoms with Crippen molar-refractivity contribution in [1.29, 1.82) is 15.8 Å². The number of aryl methyl sites for hydroxylation is 1. The van der Waals surface area contributed by atoms with E-state index in [1.165, 1.54) is 6.07 Å². The van der Waals surface area contributed by atoms with Crippen molar-refractivity contribution in [3.63, 3.8) is 0 Å². The molecule has 0 aliphatic carbocycles. The first-order valence-corrected chi connectivity index (χ1v) is 19.5. The summed E-state index contributed by atoms with van der Waals surface area (Å²) in [5, 5.41) is 33.8. The van der Waals surface area contributed by atoms with E-state index in [-0.39, 0.29) is 11.1 Å². The minimum Gasteiger partial charge on any atom is -0.309 e. The summed E-state index contributed by atoms with van der Waals surface area (Å²) >= 11 is 0. The molecule has 0 saturated carbocycles. The molecule has 61 heavy (non-hydrogen) atoms. The summed E-state index contributed by atoms with van der Waals surface area (Å²) in [6.45, 7) is 1.68. The molecule has 0 amide bonds. The third-order valence-corrected chi connectivity index (χ3v) is 11.6. The maximum Gasteiger partial charge on any atom is 0.417 e. The van der Waals surface area contributed by atoms with Gasteiger partial charge < -0.3 is 9.13 Å². The monoisotopic (exact) mass is 793 g/mol. The summed E-state index contributed by atoms with van der Waals surface area (Å²) in [5.74, 6) is 0. The number of hydrogen-bond donors (Lipinski definition) is 0. The Morgan fingerprint density at radius 2 is 0.934 bits per heavy atom. The molecule has 0 aliphatic rings. The van der Waals surface area contributed by atoms with Gasteiger partial charge in [-0.15, -0.1) is 0 Å². The van der Waals surface area contributed by atoms with Gasteiger partial charge in [0.2, 0.25) is 0 Å². The summed E-state index contributed by atoms with van der Waals surface area (Å²) in [4.78, 5) is 0. The maximum atomic E-state index is 15.2.